The highest BCUT2D eigenvalue weighted by Gasteiger charge is 2.31. The Labute approximate surface area is 229 Å². The van der Waals surface area contributed by atoms with Crippen LogP contribution >= 0.6 is 0 Å². The van der Waals surface area contributed by atoms with Crippen molar-refractivity contribution in [2.75, 3.05) is 13.1 Å². The van der Waals surface area contributed by atoms with Gasteiger partial charge in [0.2, 0.25) is 0 Å². The number of hydroxylamine groups is 2. The minimum Gasteiger partial charge on any atom is -0.488 e. The fraction of sp³-hybridized carbons (Fsp3) is 0.281. The minimum absolute atomic E-state index is 0.191. The predicted molar refractivity (Wildman–Crippen MR) is 150 cm³/mol. The summed E-state index contributed by atoms with van der Waals surface area (Å²) < 4.78 is 18.4. The van der Waals surface area contributed by atoms with Gasteiger partial charge in [-0.2, -0.15) is 0 Å². The van der Waals surface area contributed by atoms with Gasteiger partial charge in [0.05, 0.1) is 24.3 Å². The highest BCUT2D eigenvalue weighted by atomic mass is 16.7. The molecule has 0 unspecified atom stereocenters. The topological polar surface area (TPSA) is 77.2 Å². The Balaban J connectivity index is 1.59. The minimum atomic E-state index is -0.194. The smallest absolute Gasteiger partial charge is 0.168 e. The molecule has 1 N–H and O–H groups in total. The van der Waals surface area contributed by atoms with Gasteiger partial charge in [-0.3, -0.25) is 0 Å². The Morgan fingerprint density at radius 1 is 0.897 bits per heavy atom. The molecule has 0 fully saturated rings. The average Bonchev–Trinajstić information content (AvgIpc) is 3.63. The van der Waals surface area contributed by atoms with E-state index in [0.29, 0.717) is 49.3 Å². The monoisotopic (exact) mass is 526 g/mol. The molecule has 39 heavy (non-hydrogen) atoms. The predicted octanol–water partition coefficient (Wildman–Crippen LogP) is 6.58. The summed E-state index contributed by atoms with van der Waals surface area (Å²) in [7, 11) is 0. The van der Waals surface area contributed by atoms with Crippen molar-refractivity contribution in [2.45, 2.75) is 46.5 Å². The molecule has 0 spiro atoms. The van der Waals surface area contributed by atoms with E-state index in [1.165, 1.54) is 0 Å². The van der Waals surface area contributed by atoms with Crippen molar-refractivity contribution < 1.29 is 23.9 Å². The third-order valence-corrected chi connectivity index (χ3v) is 6.65. The summed E-state index contributed by atoms with van der Waals surface area (Å²) >= 11 is 0. The maximum Gasteiger partial charge on any atom is 0.168 e. The Kier molecular flexibility index (Phi) is 8.30. The summed E-state index contributed by atoms with van der Waals surface area (Å²) in [6.45, 7) is 8.18. The fourth-order valence-corrected chi connectivity index (χ4v) is 4.49. The van der Waals surface area contributed by atoms with Crippen LogP contribution in [0.2, 0.25) is 0 Å². The second kappa shape index (κ2) is 12.2. The van der Waals surface area contributed by atoms with Crippen molar-refractivity contribution in [3.05, 3.63) is 113 Å². The molecule has 7 nitrogen and oxygen atoms in total. The third kappa shape index (κ3) is 6.16. The van der Waals surface area contributed by atoms with E-state index in [1.54, 1.807) is 6.07 Å². The summed E-state index contributed by atoms with van der Waals surface area (Å²) in [5, 5.41) is 15.4. The number of ether oxygens (including phenoxy) is 2. The molecular weight excluding hydrogens is 492 g/mol. The highest BCUT2D eigenvalue weighted by molar-refractivity contribution is 5.90. The second-order valence-electron chi connectivity index (χ2n) is 9.79. The van der Waals surface area contributed by atoms with Crippen molar-refractivity contribution in [3.63, 3.8) is 0 Å². The Morgan fingerprint density at radius 3 is 2.10 bits per heavy atom. The first-order valence-electron chi connectivity index (χ1n) is 13.3. The van der Waals surface area contributed by atoms with Crippen LogP contribution in [-0.2, 0) is 24.7 Å². The molecule has 0 atom stereocenters. The Hall–Kier alpha value is -4.07. The zero-order valence-electron chi connectivity index (χ0n) is 22.6. The number of hydrogen-bond acceptors (Lipinski definition) is 7. The van der Waals surface area contributed by atoms with E-state index in [-0.39, 0.29) is 12.5 Å². The lowest BCUT2D eigenvalue weighted by Gasteiger charge is -2.21. The SMILES string of the molecule is CCN1CC(c2cc(CO)no2)=C(c2cc(C(C)C)c(OCc3ccccc3)cc2OCc2ccccc2)O1. The molecule has 2 heterocycles. The van der Waals surface area contributed by atoms with Crippen molar-refractivity contribution >= 4 is 11.3 Å². The lowest BCUT2D eigenvalue weighted by atomic mass is 9.96. The van der Waals surface area contributed by atoms with Crippen LogP contribution in [0.15, 0.2) is 83.4 Å². The zero-order valence-corrected chi connectivity index (χ0v) is 22.6. The van der Waals surface area contributed by atoms with Gasteiger partial charge in [-0.25, -0.2) is 0 Å². The van der Waals surface area contributed by atoms with Crippen LogP contribution in [0.1, 0.15) is 60.4 Å². The van der Waals surface area contributed by atoms with Crippen LogP contribution in [0.4, 0.5) is 0 Å². The quantitative estimate of drug-likeness (QED) is 0.236. The van der Waals surface area contributed by atoms with Crippen LogP contribution in [0.5, 0.6) is 11.5 Å². The van der Waals surface area contributed by atoms with Crippen molar-refractivity contribution in [1.82, 2.24) is 10.2 Å². The summed E-state index contributed by atoms with van der Waals surface area (Å²) in [4.78, 5) is 6.35. The van der Waals surface area contributed by atoms with Gasteiger partial charge in [0.25, 0.3) is 0 Å². The molecule has 0 aliphatic carbocycles. The molecule has 4 aromatic rings. The molecule has 1 aromatic heterocycles. The van der Waals surface area contributed by atoms with Gasteiger partial charge in [0, 0.05) is 18.7 Å². The first-order chi connectivity index (χ1) is 19.1. The number of aliphatic hydroxyl groups excluding tert-OH is 1. The number of likely N-dealkylation sites (N-methyl/N-ethyl adjacent to an activating group) is 1. The van der Waals surface area contributed by atoms with E-state index < -0.39 is 0 Å². The summed E-state index contributed by atoms with van der Waals surface area (Å²) in [5.41, 5.74) is 5.33. The first kappa shape index (κ1) is 26.5. The van der Waals surface area contributed by atoms with Crippen LogP contribution in [0.25, 0.3) is 11.3 Å². The summed E-state index contributed by atoms with van der Waals surface area (Å²) in [5.74, 6) is 2.83. The standard InChI is InChI=1S/C32H34N2O5/c1-4-34-18-28(31-15-25(19-35)33-38-31)32(39-34)27-16-26(22(2)3)29(36-20-23-11-7-5-8-12-23)17-30(27)37-21-24-13-9-6-10-14-24/h5-17,22,35H,4,18-21H2,1-3H3. The van der Waals surface area contributed by atoms with Gasteiger partial charge in [0.15, 0.2) is 11.5 Å². The number of nitrogens with zero attached hydrogens (tertiary/aromatic N) is 2. The van der Waals surface area contributed by atoms with Gasteiger partial charge >= 0.3 is 0 Å². The van der Waals surface area contributed by atoms with Gasteiger partial charge in [-0.15, -0.1) is 5.06 Å². The summed E-state index contributed by atoms with van der Waals surface area (Å²) in [6, 6.07) is 26.0. The molecule has 1 aliphatic heterocycles. The Morgan fingerprint density at radius 2 is 1.54 bits per heavy atom. The molecule has 0 amide bonds. The number of benzene rings is 3. The molecule has 0 saturated heterocycles. The molecule has 5 rings (SSSR count). The number of hydrogen-bond donors (Lipinski definition) is 1. The molecule has 0 bridgehead atoms. The van der Waals surface area contributed by atoms with Crippen LogP contribution < -0.4 is 9.47 Å². The molecule has 0 radical (unpaired) electrons. The summed E-state index contributed by atoms with van der Waals surface area (Å²) in [6.07, 6.45) is 0. The van der Waals surface area contributed by atoms with E-state index in [1.807, 2.05) is 66.6 Å². The number of rotatable bonds is 11. The lowest BCUT2D eigenvalue weighted by molar-refractivity contribution is -0.0557. The first-order valence-corrected chi connectivity index (χ1v) is 13.3. The van der Waals surface area contributed by atoms with Crippen molar-refractivity contribution in [2.24, 2.45) is 0 Å². The van der Waals surface area contributed by atoms with Crippen molar-refractivity contribution in [3.8, 4) is 11.5 Å². The van der Waals surface area contributed by atoms with Gasteiger partial charge in [-0.05, 0) is 35.6 Å². The molecule has 1 aliphatic rings. The fourth-order valence-electron chi connectivity index (χ4n) is 4.49. The van der Waals surface area contributed by atoms with Crippen LogP contribution in [-0.4, -0.2) is 28.4 Å². The van der Waals surface area contributed by atoms with Gasteiger partial charge < -0.3 is 23.9 Å². The third-order valence-electron chi connectivity index (χ3n) is 6.65. The number of aliphatic hydroxyl groups is 1. The normalized spacial score (nSPS) is 13.7. The van der Waals surface area contributed by atoms with E-state index in [2.05, 4.69) is 37.2 Å². The zero-order chi connectivity index (χ0) is 27.2. The maximum atomic E-state index is 9.54. The highest BCUT2D eigenvalue weighted by Crippen LogP contribution is 2.43. The van der Waals surface area contributed by atoms with Gasteiger partial charge in [-0.1, -0.05) is 79.7 Å². The second-order valence-corrected chi connectivity index (χ2v) is 9.79. The van der Waals surface area contributed by atoms with Gasteiger partial charge in [0.1, 0.15) is 30.4 Å². The Bertz CT molecular complexity index is 1410. The van der Waals surface area contributed by atoms with E-state index in [4.69, 9.17) is 18.8 Å². The lowest BCUT2D eigenvalue weighted by Crippen LogP contribution is -2.18. The number of aromatic nitrogens is 1. The molecule has 3 aromatic carbocycles. The van der Waals surface area contributed by atoms with Crippen LogP contribution in [0.3, 0.4) is 0 Å². The average molecular weight is 527 g/mol. The van der Waals surface area contributed by atoms with Crippen molar-refractivity contribution in [1.29, 1.82) is 0 Å². The maximum absolute atomic E-state index is 9.54. The molecule has 202 valence electrons. The van der Waals surface area contributed by atoms with E-state index in [9.17, 15) is 5.11 Å². The molecule has 7 heteroatoms. The van der Waals surface area contributed by atoms with E-state index >= 15 is 0 Å². The molecular formula is C32H34N2O5. The van der Waals surface area contributed by atoms with E-state index in [0.717, 1.165) is 33.6 Å². The van der Waals surface area contributed by atoms with Crippen LogP contribution in [0, 0.1) is 0 Å². The largest absolute Gasteiger partial charge is 0.488 e. The molecule has 0 saturated carbocycles.